The van der Waals surface area contributed by atoms with E-state index >= 15 is 0 Å². The molecule has 2 aromatic carbocycles. The number of hydrogen-bond acceptors (Lipinski definition) is 3. The average molecular weight is 597 g/mol. The molecule has 2 N–H and O–H groups in total. The average Bonchev–Trinajstić information content (AvgIpc) is 3.10. The Bertz CT molecular complexity index is 703. The summed E-state index contributed by atoms with van der Waals surface area (Å²) in [6.07, 6.45) is 18.2. The Kier molecular flexibility index (Phi) is 56.0. The molecular formula is C40H68O3. The van der Waals surface area contributed by atoms with E-state index in [1.54, 1.807) is 0 Å². The van der Waals surface area contributed by atoms with E-state index in [4.69, 9.17) is 14.9 Å². The molecule has 246 valence electrons. The van der Waals surface area contributed by atoms with Gasteiger partial charge in [-0.2, -0.15) is 0 Å². The van der Waals surface area contributed by atoms with Crippen molar-refractivity contribution in [3.05, 3.63) is 125 Å². The van der Waals surface area contributed by atoms with Crippen LogP contribution in [0.25, 0.3) is 0 Å². The van der Waals surface area contributed by atoms with Gasteiger partial charge in [0.25, 0.3) is 0 Å². The monoisotopic (exact) mass is 597 g/mol. The fourth-order valence-electron chi connectivity index (χ4n) is 3.93. The summed E-state index contributed by atoms with van der Waals surface area (Å²) in [6, 6.07) is 17.2. The number of para-hydroxylation sites is 2. The molecule has 43 heavy (non-hydrogen) atoms. The minimum absolute atomic E-state index is 0.125. The van der Waals surface area contributed by atoms with E-state index in [1.165, 1.54) is 88.2 Å². The molecule has 0 amide bonds. The highest BCUT2D eigenvalue weighted by Gasteiger charge is 2.08. The first-order chi connectivity index (χ1) is 21.3. The molecule has 0 aliphatic heterocycles. The summed E-state index contributed by atoms with van der Waals surface area (Å²) in [5.41, 5.74) is 2.69. The third-order valence-electron chi connectivity index (χ3n) is 5.86. The van der Waals surface area contributed by atoms with Gasteiger partial charge in [-0.15, -0.1) is 65.8 Å². The van der Waals surface area contributed by atoms with Crippen molar-refractivity contribution in [2.75, 3.05) is 13.2 Å². The molecule has 2 rings (SSSR count). The SMILES string of the molecule is C=C.C=C.C=C.C=C.C=C.CCCCCCCCc1ccccc1Oc1ccccc1CCCCCCCC.OCCO. The first-order valence-corrected chi connectivity index (χ1v) is 15.8. The van der Waals surface area contributed by atoms with Gasteiger partial charge in [0.1, 0.15) is 11.5 Å². The van der Waals surface area contributed by atoms with Crippen LogP contribution in [0.5, 0.6) is 11.5 Å². The summed E-state index contributed by atoms with van der Waals surface area (Å²) < 4.78 is 6.43. The maximum atomic E-state index is 7.62. The number of unbranched alkanes of at least 4 members (excludes halogenated alkanes) is 10. The molecule has 2 aromatic rings. The quantitative estimate of drug-likeness (QED) is 0.141. The molecule has 0 unspecified atom stereocenters. The summed E-state index contributed by atoms with van der Waals surface area (Å²) in [7, 11) is 0. The van der Waals surface area contributed by atoms with Gasteiger partial charge in [-0.05, 0) is 48.9 Å². The van der Waals surface area contributed by atoms with Gasteiger partial charge in [0.05, 0.1) is 13.2 Å². The highest BCUT2D eigenvalue weighted by atomic mass is 16.5. The Hall–Kier alpha value is -3.14. The predicted molar refractivity (Wildman–Crippen MR) is 198 cm³/mol. The number of aliphatic hydroxyl groups excluding tert-OH is 2. The van der Waals surface area contributed by atoms with E-state index in [1.807, 2.05) is 0 Å². The Morgan fingerprint density at radius 3 is 1.02 bits per heavy atom. The van der Waals surface area contributed by atoms with Gasteiger partial charge >= 0.3 is 0 Å². The molecule has 0 fully saturated rings. The zero-order chi connectivity index (χ0) is 34.0. The number of ether oxygens (including phenoxy) is 1. The molecular weight excluding hydrogens is 528 g/mol. The van der Waals surface area contributed by atoms with Gasteiger partial charge in [-0.25, -0.2) is 0 Å². The molecule has 0 aliphatic rings. The van der Waals surface area contributed by atoms with Crippen LogP contribution in [-0.4, -0.2) is 23.4 Å². The molecule has 0 bridgehead atoms. The van der Waals surface area contributed by atoms with Crippen molar-refractivity contribution in [3.8, 4) is 11.5 Å². The van der Waals surface area contributed by atoms with Crippen molar-refractivity contribution in [2.45, 2.75) is 104 Å². The predicted octanol–water partition coefficient (Wildman–Crippen LogP) is 12.3. The van der Waals surface area contributed by atoms with Crippen molar-refractivity contribution in [3.63, 3.8) is 0 Å². The van der Waals surface area contributed by atoms with E-state index in [9.17, 15) is 0 Å². The Labute approximate surface area is 268 Å². The minimum atomic E-state index is -0.125. The molecule has 0 heterocycles. The van der Waals surface area contributed by atoms with Crippen LogP contribution in [0.4, 0.5) is 0 Å². The molecule has 0 saturated heterocycles. The summed E-state index contributed by atoms with van der Waals surface area (Å²) in [5, 5.41) is 15.2. The van der Waals surface area contributed by atoms with Crippen molar-refractivity contribution < 1.29 is 14.9 Å². The van der Waals surface area contributed by atoms with E-state index in [0.717, 1.165) is 24.3 Å². The van der Waals surface area contributed by atoms with Gasteiger partial charge in [-0.1, -0.05) is 114 Å². The maximum absolute atomic E-state index is 7.62. The Morgan fingerprint density at radius 2 is 0.721 bits per heavy atom. The van der Waals surface area contributed by atoms with Crippen molar-refractivity contribution in [1.29, 1.82) is 0 Å². The van der Waals surface area contributed by atoms with Crippen LogP contribution in [0.15, 0.2) is 114 Å². The van der Waals surface area contributed by atoms with Crippen LogP contribution in [0.3, 0.4) is 0 Å². The lowest BCUT2D eigenvalue weighted by Crippen LogP contribution is -1.96. The second kappa shape index (κ2) is 48.6. The third-order valence-corrected chi connectivity index (χ3v) is 5.86. The third kappa shape index (κ3) is 33.2. The highest BCUT2D eigenvalue weighted by molar-refractivity contribution is 5.41. The molecule has 0 saturated carbocycles. The van der Waals surface area contributed by atoms with E-state index in [-0.39, 0.29) is 13.2 Å². The molecule has 0 spiro atoms. The van der Waals surface area contributed by atoms with Crippen molar-refractivity contribution in [2.24, 2.45) is 0 Å². The molecule has 0 radical (unpaired) electrons. The summed E-state index contributed by atoms with van der Waals surface area (Å²) in [6.45, 7) is 34.3. The fraction of sp³-hybridized carbons (Fsp3) is 0.450. The lowest BCUT2D eigenvalue weighted by Gasteiger charge is -2.14. The molecule has 0 atom stereocenters. The number of benzene rings is 2. The van der Waals surface area contributed by atoms with Crippen LogP contribution >= 0.6 is 0 Å². The number of aryl methyl sites for hydroxylation is 2. The van der Waals surface area contributed by atoms with E-state index in [0.29, 0.717) is 0 Å². The van der Waals surface area contributed by atoms with Crippen LogP contribution in [0, 0.1) is 0 Å². The second-order valence-corrected chi connectivity index (χ2v) is 8.80. The smallest absolute Gasteiger partial charge is 0.130 e. The fourth-order valence-corrected chi connectivity index (χ4v) is 3.93. The summed E-state index contributed by atoms with van der Waals surface area (Å²) in [5.74, 6) is 2.08. The highest BCUT2D eigenvalue weighted by Crippen LogP contribution is 2.30. The Balaban J connectivity index is -0.000000297. The minimum Gasteiger partial charge on any atom is -0.457 e. The standard InChI is InChI=1S/C28H42O.C2H6O2.5C2H4/c1-3-5-7-9-11-13-19-25-21-15-17-23-27(25)29-28-24-18-16-22-26(28)20-14-12-10-8-6-4-2;3-1-2-4;5*1-2/h15-18,21-24H,3-14,19-20H2,1-2H3;3-4H,1-2H2;5*1-2H2. The van der Waals surface area contributed by atoms with Crippen LogP contribution in [-0.2, 0) is 12.8 Å². The number of hydrogen-bond donors (Lipinski definition) is 2. The lowest BCUT2D eigenvalue weighted by atomic mass is 10.0. The molecule has 3 nitrogen and oxygen atoms in total. The number of rotatable bonds is 17. The topological polar surface area (TPSA) is 49.7 Å². The normalized spacial score (nSPS) is 8.56. The van der Waals surface area contributed by atoms with Gasteiger partial charge < -0.3 is 14.9 Å². The summed E-state index contributed by atoms with van der Waals surface area (Å²) in [4.78, 5) is 0. The maximum Gasteiger partial charge on any atom is 0.130 e. The summed E-state index contributed by atoms with van der Waals surface area (Å²) >= 11 is 0. The largest absolute Gasteiger partial charge is 0.457 e. The van der Waals surface area contributed by atoms with Crippen molar-refractivity contribution in [1.82, 2.24) is 0 Å². The lowest BCUT2D eigenvalue weighted by molar-refractivity contribution is 0.186. The van der Waals surface area contributed by atoms with Gasteiger partial charge in [0.15, 0.2) is 0 Å². The second-order valence-electron chi connectivity index (χ2n) is 8.80. The zero-order valence-corrected chi connectivity index (χ0v) is 28.3. The zero-order valence-electron chi connectivity index (χ0n) is 28.3. The Morgan fingerprint density at radius 1 is 0.442 bits per heavy atom. The first kappa shape index (κ1) is 49.5. The van der Waals surface area contributed by atoms with Crippen LogP contribution in [0.1, 0.15) is 102 Å². The number of aliphatic hydroxyl groups is 2. The van der Waals surface area contributed by atoms with E-state index in [2.05, 4.69) is 128 Å². The molecule has 3 heteroatoms. The van der Waals surface area contributed by atoms with Crippen molar-refractivity contribution >= 4 is 0 Å². The molecule has 0 aromatic heterocycles. The van der Waals surface area contributed by atoms with E-state index < -0.39 is 0 Å². The van der Waals surface area contributed by atoms with Gasteiger partial charge in [0.2, 0.25) is 0 Å². The van der Waals surface area contributed by atoms with Crippen LogP contribution in [0.2, 0.25) is 0 Å². The van der Waals surface area contributed by atoms with Gasteiger partial charge in [-0.3, -0.25) is 0 Å². The molecule has 0 aliphatic carbocycles. The van der Waals surface area contributed by atoms with Gasteiger partial charge in [0, 0.05) is 0 Å². The van der Waals surface area contributed by atoms with Crippen LogP contribution < -0.4 is 4.74 Å². The first-order valence-electron chi connectivity index (χ1n) is 15.8.